The summed E-state index contributed by atoms with van der Waals surface area (Å²) in [6, 6.07) is 13.9. The van der Waals surface area contributed by atoms with E-state index in [0.717, 1.165) is 22.2 Å². The van der Waals surface area contributed by atoms with Crippen LogP contribution in [0.15, 0.2) is 60.9 Å². The number of pyridine rings is 1. The molecule has 154 valence electrons. The first-order valence-corrected chi connectivity index (χ1v) is 9.95. The summed E-state index contributed by atoms with van der Waals surface area (Å²) in [6.45, 7) is -0.277. The van der Waals surface area contributed by atoms with Gasteiger partial charge in [0.1, 0.15) is 0 Å². The molecule has 0 unspecified atom stereocenters. The predicted octanol–water partition coefficient (Wildman–Crippen LogP) is 3.62. The van der Waals surface area contributed by atoms with Crippen molar-refractivity contribution in [1.82, 2.24) is 30.5 Å². The van der Waals surface area contributed by atoms with E-state index < -0.39 is 11.9 Å². The number of amides is 1. The van der Waals surface area contributed by atoms with Crippen LogP contribution in [0.2, 0.25) is 5.02 Å². The van der Waals surface area contributed by atoms with E-state index in [1.807, 2.05) is 24.3 Å². The largest absolute Gasteiger partial charge is 0.394 e. The first-order valence-electron chi connectivity index (χ1n) is 9.58. The number of nitrogens with zero attached hydrogens (tertiary/aromatic N) is 3. The minimum atomic E-state index is -0.615. The van der Waals surface area contributed by atoms with Crippen molar-refractivity contribution >= 4 is 39.4 Å². The molecule has 31 heavy (non-hydrogen) atoms. The maximum atomic E-state index is 12.8. The highest BCUT2D eigenvalue weighted by molar-refractivity contribution is 6.30. The van der Waals surface area contributed by atoms with Gasteiger partial charge in [0.25, 0.3) is 5.91 Å². The number of aliphatic hydroxyl groups excluding tert-OH is 1. The van der Waals surface area contributed by atoms with Crippen molar-refractivity contribution in [3.8, 4) is 11.3 Å². The highest BCUT2D eigenvalue weighted by Gasteiger charge is 2.20. The number of hydrogen-bond donors (Lipinski definition) is 4. The summed E-state index contributed by atoms with van der Waals surface area (Å²) >= 11 is 6.02. The number of halogens is 1. The van der Waals surface area contributed by atoms with Gasteiger partial charge in [-0.1, -0.05) is 23.7 Å². The first-order chi connectivity index (χ1) is 15.1. The Morgan fingerprint density at radius 2 is 1.84 bits per heavy atom. The lowest BCUT2D eigenvalue weighted by atomic mass is 10.1. The maximum Gasteiger partial charge on any atom is 0.289 e. The van der Waals surface area contributed by atoms with Crippen molar-refractivity contribution in [2.45, 2.75) is 6.04 Å². The van der Waals surface area contributed by atoms with Crippen LogP contribution in [-0.2, 0) is 0 Å². The van der Waals surface area contributed by atoms with Crippen LogP contribution in [0.3, 0.4) is 0 Å². The molecule has 0 aliphatic heterocycles. The molecule has 1 atom stereocenters. The van der Waals surface area contributed by atoms with E-state index in [9.17, 15) is 9.90 Å². The summed E-state index contributed by atoms with van der Waals surface area (Å²) < 4.78 is 0. The van der Waals surface area contributed by atoms with Crippen LogP contribution in [0.1, 0.15) is 22.2 Å². The minimum Gasteiger partial charge on any atom is -0.394 e. The molecule has 0 saturated carbocycles. The van der Waals surface area contributed by atoms with Gasteiger partial charge in [-0.05, 0) is 42.0 Å². The highest BCUT2D eigenvalue weighted by Crippen LogP contribution is 2.29. The molecule has 0 fully saturated rings. The number of aromatic nitrogens is 5. The fraction of sp³-hybridized carbons (Fsp3) is 0.0909. The summed E-state index contributed by atoms with van der Waals surface area (Å²) in [6.07, 6.45) is 3.45. The van der Waals surface area contributed by atoms with Crippen LogP contribution in [0.25, 0.3) is 33.2 Å². The fourth-order valence-electron chi connectivity index (χ4n) is 3.54. The van der Waals surface area contributed by atoms with Crippen molar-refractivity contribution in [1.29, 1.82) is 0 Å². The van der Waals surface area contributed by atoms with Crippen molar-refractivity contribution in [2.24, 2.45) is 0 Å². The van der Waals surface area contributed by atoms with E-state index in [0.29, 0.717) is 21.6 Å². The van der Waals surface area contributed by atoms with Gasteiger partial charge in [0.15, 0.2) is 0 Å². The van der Waals surface area contributed by atoms with Gasteiger partial charge in [0, 0.05) is 28.4 Å². The summed E-state index contributed by atoms with van der Waals surface area (Å²) in [5, 5.41) is 20.2. The van der Waals surface area contributed by atoms with E-state index >= 15 is 0 Å². The third-order valence-corrected chi connectivity index (χ3v) is 5.31. The Balaban J connectivity index is 1.47. The lowest BCUT2D eigenvalue weighted by molar-refractivity contribution is 0.0907. The van der Waals surface area contributed by atoms with Crippen LogP contribution >= 0.6 is 11.6 Å². The topological polar surface area (TPSA) is 120 Å². The number of carbonyl (C=O) groups excluding carboxylic acids is 1. The highest BCUT2D eigenvalue weighted by atomic mass is 35.5. The molecule has 9 heteroatoms. The van der Waals surface area contributed by atoms with Gasteiger partial charge in [-0.3, -0.25) is 14.9 Å². The summed E-state index contributed by atoms with van der Waals surface area (Å²) in [4.78, 5) is 25.6. The molecule has 3 aromatic heterocycles. The molecule has 3 heterocycles. The van der Waals surface area contributed by atoms with E-state index in [1.165, 1.54) is 0 Å². The summed E-state index contributed by atoms with van der Waals surface area (Å²) in [7, 11) is 0. The second kappa shape index (κ2) is 7.82. The SMILES string of the molecule is O=C(N[C@H](CO)c1cccc(Cl)c1)c1nc2cc3[nH][nH]c(-c4ccncc4)c3cc2n1. The molecule has 8 nitrogen and oxygen atoms in total. The van der Waals surface area contributed by atoms with Gasteiger partial charge in [-0.15, -0.1) is 0 Å². The molecule has 5 aromatic rings. The second-order valence-electron chi connectivity index (χ2n) is 7.06. The normalized spacial score (nSPS) is 12.3. The minimum absolute atomic E-state index is 0.0394. The molecule has 2 aromatic carbocycles. The number of hydrogen-bond acceptors (Lipinski definition) is 5. The average Bonchev–Trinajstić information content (AvgIpc) is 3.39. The molecule has 0 spiro atoms. The van der Waals surface area contributed by atoms with E-state index in [-0.39, 0.29) is 12.4 Å². The molecule has 0 radical (unpaired) electrons. The Kier molecular flexibility index (Phi) is 4.85. The first kappa shape index (κ1) is 19.2. The zero-order valence-corrected chi connectivity index (χ0v) is 16.9. The smallest absolute Gasteiger partial charge is 0.289 e. The Morgan fingerprint density at radius 1 is 1.06 bits per heavy atom. The molecule has 1 amide bonds. The van der Waals surface area contributed by atoms with Gasteiger partial charge in [0.2, 0.25) is 5.82 Å². The van der Waals surface area contributed by atoms with E-state index in [1.54, 1.807) is 36.7 Å². The molecule has 0 bridgehead atoms. The standard InChI is InChI=1S/C22H17ClN6O2/c23-14-3-1-2-13(8-14)19(11-30)27-22(31)21-25-17-9-15-16(10-18(17)26-21)28-29-20(15)12-4-6-24-7-5-12/h1-10,19,28-30H,11H2,(H,27,31)/t19-/m1/s1. The van der Waals surface area contributed by atoms with Gasteiger partial charge in [-0.25, -0.2) is 9.97 Å². The van der Waals surface area contributed by atoms with Crippen LogP contribution in [-0.4, -0.2) is 42.8 Å². The number of rotatable bonds is 5. The van der Waals surface area contributed by atoms with Gasteiger partial charge >= 0.3 is 0 Å². The monoisotopic (exact) mass is 432 g/mol. The molecule has 0 saturated heterocycles. The lowest BCUT2D eigenvalue weighted by Gasteiger charge is -2.15. The number of nitrogens with one attached hydrogen (secondary N) is 3. The Bertz CT molecular complexity index is 1400. The van der Waals surface area contributed by atoms with Crippen LogP contribution in [0, 0.1) is 0 Å². The van der Waals surface area contributed by atoms with Crippen molar-refractivity contribution in [3.05, 3.63) is 77.3 Å². The third-order valence-electron chi connectivity index (χ3n) is 5.07. The number of aromatic amines is 2. The van der Waals surface area contributed by atoms with Crippen molar-refractivity contribution in [2.75, 3.05) is 6.61 Å². The average molecular weight is 433 g/mol. The van der Waals surface area contributed by atoms with Crippen molar-refractivity contribution in [3.63, 3.8) is 0 Å². The molecule has 5 rings (SSSR count). The van der Waals surface area contributed by atoms with Gasteiger partial charge in [0.05, 0.1) is 34.9 Å². The third kappa shape index (κ3) is 3.63. The zero-order chi connectivity index (χ0) is 21.4. The van der Waals surface area contributed by atoms with Gasteiger partial charge in [-0.2, -0.15) is 0 Å². The van der Waals surface area contributed by atoms with E-state index in [4.69, 9.17) is 11.6 Å². The fourth-order valence-corrected chi connectivity index (χ4v) is 3.74. The summed E-state index contributed by atoms with van der Waals surface area (Å²) in [5.74, 6) is -0.433. The number of benzene rings is 2. The van der Waals surface area contributed by atoms with Gasteiger partial charge < -0.3 is 15.5 Å². The van der Waals surface area contributed by atoms with Crippen LogP contribution in [0.5, 0.6) is 0 Å². The predicted molar refractivity (Wildman–Crippen MR) is 118 cm³/mol. The zero-order valence-electron chi connectivity index (χ0n) is 16.1. The van der Waals surface area contributed by atoms with E-state index in [2.05, 4.69) is 30.5 Å². The number of carbonyl (C=O) groups is 1. The molecule has 0 aliphatic rings. The Labute approximate surface area is 181 Å². The van der Waals surface area contributed by atoms with Crippen LogP contribution in [0.4, 0.5) is 0 Å². The number of imidazole rings is 1. The Morgan fingerprint density at radius 3 is 2.58 bits per heavy atom. The molecular weight excluding hydrogens is 416 g/mol. The number of fused-ring (bicyclic) bond motifs is 2. The maximum absolute atomic E-state index is 12.8. The lowest BCUT2D eigenvalue weighted by Crippen LogP contribution is -2.31. The molecule has 0 aliphatic carbocycles. The Hall–Kier alpha value is -3.75. The summed E-state index contributed by atoms with van der Waals surface area (Å²) in [5.41, 5.74) is 4.62. The van der Waals surface area contributed by atoms with Crippen LogP contribution < -0.4 is 5.32 Å². The number of aliphatic hydroxyl groups is 1. The molecular formula is C22H17ClN6O2. The molecule has 4 N–H and O–H groups in total. The quantitative estimate of drug-likeness (QED) is 0.338. The second-order valence-corrected chi connectivity index (χ2v) is 7.49. The van der Waals surface area contributed by atoms with Crippen molar-refractivity contribution < 1.29 is 9.90 Å². The number of H-pyrrole nitrogens is 2.